The summed E-state index contributed by atoms with van der Waals surface area (Å²) < 4.78 is 18.6. The molecule has 1 aromatic carbocycles. The number of benzene rings is 1. The number of hydrogen-bond donors (Lipinski definition) is 1. The Hall–Kier alpha value is -1.62. The molecule has 0 saturated carbocycles. The summed E-state index contributed by atoms with van der Waals surface area (Å²) >= 11 is 1.49. The first-order valence-electron chi connectivity index (χ1n) is 4.74. The molecule has 0 unspecified atom stereocenters. The fraction of sp³-hybridized carbons (Fsp3) is 0.182. The number of anilines is 1. The van der Waals surface area contributed by atoms with Crippen LogP contribution in [0.15, 0.2) is 23.6 Å². The molecule has 16 heavy (non-hydrogen) atoms. The van der Waals surface area contributed by atoms with Crippen molar-refractivity contribution in [3.8, 4) is 5.75 Å². The molecule has 0 aliphatic heterocycles. The third-order valence-electron chi connectivity index (χ3n) is 1.97. The number of thiazole rings is 1. The van der Waals surface area contributed by atoms with E-state index in [1.807, 2.05) is 12.3 Å². The van der Waals surface area contributed by atoms with Crippen LogP contribution >= 0.6 is 11.3 Å². The molecule has 0 radical (unpaired) electrons. The minimum Gasteiger partial charge on any atom is -0.483 e. The lowest BCUT2D eigenvalue weighted by molar-refractivity contribution is 0.289. The van der Waals surface area contributed by atoms with Crippen molar-refractivity contribution in [2.24, 2.45) is 0 Å². The lowest BCUT2D eigenvalue weighted by Crippen LogP contribution is -1.98. The van der Waals surface area contributed by atoms with E-state index in [9.17, 15) is 4.39 Å². The fourth-order valence-electron chi connectivity index (χ4n) is 1.24. The molecule has 1 heterocycles. The maximum absolute atomic E-state index is 13.3. The molecular formula is C11H11FN2OS. The van der Waals surface area contributed by atoms with Crippen molar-refractivity contribution in [1.29, 1.82) is 0 Å². The first-order valence-corrected chi connectivity index (χ1v) is 5.62. The highest BCUT2D eigenvalue weighted by atomic mass is 32.1. The summed E-state index contributed by atoms with van der Waals surface area (Å²) in [5.41, 5.74) is 6.76. The van der Waals surface area contributed by atoms with E-state index in [-0.39, 0.29) is 12.4 Å². The molecule has 0 spiro atoms. The summed E-state index contributed by atoms with van der Waals surface area (Å²) in [6.07, 6.45) is 0. The molecule has 84 valence electrons. The van der Waals surface area contributed by atoms with E-state index in [1.165, 1.54) is 23.5 Å². The van der Waals surface area contributed by atoms with Crippen molar-refractivity contribution in [2.45, 2.75) is 13.5 Å². The Morgan fingerprint density at radius 2 is 2.31 bits per heavy atom. The van der Waals surface area contributed by atoms with Gasteiger partial charge >= 0.3 is 0 Å². The van der Waals surface area contributed by atoms with E-state index < -0.39 is 5.82 Å². The predicted molar refractivity (Wildman–Crippen MR) is 62.0 cm³/mol. The summed E-state index contributed by atoms with van der Waals surface area (Å²) in [5, 5.41) is 2.76. The van der Waals surface area contributed by atoms with Gasteiger partial charge in [-0.05, 0) is 19.1 Å². The lowest BCUT2D eigenvalue weighted by atomic mass is 10.3. The second-order valence-electron chi connectivity index (χ2n) is 3.36. The SMILES string of the molecule is Cc1csc(COc2ccc(N)cc2F)n1. The quantitative estimate of drug-likeness (QED) is 0.836. The van der Waals surface area contributed by atoms with E-state index in [0.29, 0.717) is 5.69 Å². The predicted octanol–water partition coefficient (Wildman–Crippen LogP) is 2.75. The molecule has 2 N–H and O–H groups in total. The Morgan fingerprint density at radius 3 is 2.94 bits per heavy atom. The average molecular weight is 238 g/mol. The lowest BCUT2D eigenvalue weighted by Gasteiger charge is -2.05. The monoisotopic (exact) mass is 238 g/mol. The highest BCUT2D eigenvalue weighted by molar-refractivity contribution is 7.09. The highest BCUT2D eigenvalue weighted by Crippen LogP contribution is 2.21. The van der Waals surface area contributed by atoms with Crippen LogP contribution in [-0.4, -0.2) is 4.98 Å². The van der Waals surface area contributed by atoms with Crippen molar-refractivity contribution in [1.82, 2.24) is 4.98 Å². The second-order valence-corrected chi connectivity index (χ2v) is 4.30. The van der Waals surface area contributed by atoms with Crippen molar-refractivity contribution in [3.63, 3.8) is 0 Å². The van der Waals surface area contributed by atoms with Gasteiger partial charge in [0.2, 0.25) is 0 Å². The third-order valence-corrected chi connectivity index (χ3v) is 2.91. The Balaban J connectivity index is 2.04. The summed E-state index contributed by atoms with van der Waals surface area (Å²) in [7, 11) is 0. The largest absolute Gasteiger partial charge is 0.483 e. The highest BCUT2D eigenvalue weighted by Gasteiger charge is 2.05. The van der Waals surface area contributed by atoms with Crippen LogP contribution < -0.4 is 10.5 Å². The van der Waals surface area contributed by atoms with E-state index in [4.69, 9.17) is 10.5 Å². The summed E-state index contributed by atoms with van der Waals surface area (Å²) in [4.78, 5) is 4.22. The number of nitrogens with zero attached hydrogens (tertiary/aromatic N) is 1. The van der Waals surface area contributed by atoms with E-state index in [0.717, 1.165) is 10.7 Å². The second kappa shape index (κ2) is 4.49. The Morgan fingerprint density at radius 1 is 1.50 bits per heavy atom. The number of nitrogens with two attached hydrogens (primary N) is 1. The number of halogens is 1. The average Bonchev–Trinajstić information content (AvgIpc) is 2.63. The van der Waals surface area contributed by atoms with Gasteiger partial charge in [-0.2, -0.15) is 0 Å². The van der Waals surface area contributed by atoms with Crippen LogP contribution in [0.2, 0.25) is 0 Å². The number of hydrogen-bond acceptors (Lipinski definition) is 4. The summed E-state index contributed by atoms with van der Waals surface area (Å²) in [6, 6.07) is 4.36. The van der Waals surface area contributed by atoms with Crippen LogP contribution in [-0.2, 0) is 6.61 Å². The molecule has 0 amide bonds. The first-order chi connectivity index (χ1) is 7.65. The third kappa shape index (κ3) is 2.49. The van der Waals surface area contributed by atoms with Crippen molar-refractivity contribution in [3.05, 3.63) is 40.1 Å². The zero-order valence-corrected chi connectivity index (χ0v) is 9.55. The normalized spacial score (nSPS) is 10.4. The molecule has 0 aliphatic carbocycles. The van der Waals surface area contributed by atoms with Gasteiger partial charge in [0, 0.05) is 22.8 Å². The topological polar surface area (TPSA) is 48.1 Å². The molecule has 2 aromatic rings. The van der Waals surface area contributed by atoms with Crippen molar-refractivity contribution in [2.75, 3.05) is 5.73 Å². The van der Waals surface area contributed by atoms with Gasteiger partial charge < -0.3 is 10.5 Å². The van der Waals surface area contributed by atoms with Crippen LogP contribution in [0.25, 0.3) is 0 Å². The van der Waals surface area contributed by atoms with Crippen LogP contribution in [0.5, 0.6) is 5.75 Å². The van der Waals surface area contributed by atoms with Crippen molar-refractivity contribution < 1.29 is 9.13 Å². The molecule has 0 atom stereocenters. The molecule has 0 saturated heterocycles. The Bertz CT molecular complexity index is 498. The maximum atomic E-state index is 13.3. The molecule has 0 aliphatic rings. The van der Waals surface area contributed by atoms with Gasteiger partial charge in [0.05, 0.1) is 0 Å². The number of aromatic nitrogens is 1. The van der Waals surface area contributed by atoms with Gasteiger partial charge in [-0.25, -0.2) is 9.37 Å². The zero-order chi connectivity index (χ0) is 11.5. The van der Waals surface area contributed by atoms with Gasteiger partial charge in [-0.3, -0.25) is 0 Å². The minimum absolute atomic E-state index is 0.196. The number of rotatable bonds is 3. The van der Waals surface area contributed by atoms with E-state index in [1.54, 1.807) is 6.07 Å². The van der Waals surface area contributed by atoms with Crippen molar-refractivity contribution >= 4 is 17.0 Å². The molecule has 1 aromatic heterocycles. The standard InChI is InChI=1S/C11H11FN2OS/c1-7-6-16-11(14-7)5-15-10-3-2-8(13)4-9(10)12/h2-4,6H,5,13H2,1H3. The van der Waals surface area contributed by atoms with Crippen LogP contribution in [0, 0.1) is 12.7 Å². The van der Waals surface area contributed by atoms with E-state index in [2.05, 4.69) is 4.98 Å². The molecule has 5 heteroatoms. The van der Waals surface area contributed by atoms with Crippen LogP contribution in [0.4, 0.5) is 10.1 Å². The molecule has 0 bridgehead atoms. The van der Waals surface area contributed by atoms with Gasteiger partial charge in [-0.15, -0.1) is 11.3 Å². The van der Waals surface area contributed by atoms with Gasteiger partial charge in [0.15, 0.2) is 11.6 Å². The van der Waals surface area contributed by atoms with E-state index >= 15 is 0 Å². The number of aryl methyl sites for hydroxylation is 1. The molecule has 3 nitrogen and oxygen atoms in total. The van der Waals surface area contributed by atoms with Gasteiger partial charge in [0.1, 0.15) is 11.6 Å². The summed E-state index contributed by atoms with van der Waals surface area (Å²) in [5.74, 6) is -0.254. The van der Waals surface area contributed by atoms with Crippen LogP contribution in [0.3, 0.4) is 0 Å². The van der Waals surface area contributed by atoms with Crippen LogP contribution in [0.1, 0.15) is 10.7 Å². The maximum Gasteiger partial charge on any atom is 0.167 e. The number of ether oxygens (including phenoxy) is 1. The Kier molecular flexibility index (Phi) is 3.05. The Labute approximate surface area is 96.7 Å². The molecule has 2 rings (SSSR count). The molecular weight excluding hydrogens is 227 g/mol. The zero-order valence-electron chi connectivity index (χ0n) is 8.74. The first kappa shape index (κ1) is 10.9. The van der Waals surface area contributed by atoms with Gasteiger partial charge in [0.25, 0.3) is 0 Å². The minimum atomic E-state index is -0.451. The summed E-state index contributed by atoms with van der Waals surface area (Å²) in [6.45, 7) is 2.18. The molecule has 0 fully saturated rings. The van der Waals surface area contributed by atoms with Gasteiger partial charge in [-0.1, -0.05) is 0 Å². The fourth-order valence-corrected chi connectivity index (χ4v) is 1.93. The number of nitrogen functional groups attached to an aromatic ring is 1. The smallest absolute Gasteiger partial charge is 0.167 e.